The van der Waals surface area contributed by atoms with Crippen molar-refractivity contribution in [1.82, 2.24) is 0 Å². The van der Waals surface area contributed by atoms with E-state index in [2.05, 4.69) is 16.7 Å². The van der Waals surface area contributed by atoms with Crippen LogP contribution in [0.1, 0.15) is 15.2 Å². The standard InChI is InChI=1S/C20H20N/c1-15-9-4-5-10-17(15)18-11-8-12-19(16(18)2)20-13-6-7-14-21(20)3/h4-14H,1-3H3/q+1/i1D3. The molecule has 0 saturated heterocycles. The molecule has 3 aromatic rings. The fourth-order valence-electron chi connectivity index (χ4n) is 2.73. The summed E-state index contributed by atoms with van der Waals surface area (Å²) in [4.78, 5) is 0. The van der Waals surface area contributed by atoms with Gasteiger partial charge in [0.1, 0.15) is 7.05 Å². The van der Waals surface area contributed by atoms with Crippen LogP contribution in [0.25, 0.3) is 22.4 Å². The van der Waals surface area contributed by atoms with Crippen LogP contribution in [0.5, 0.6) is 0 Å². The van der Waals surface area contributed by atoms with Crippen LogP contribution in [-0.4, -0.2) is 0 Å². The highest BCUT2D eigenvalue weighted by Gasteiger charge is 2.14. The van der Waals surface area contributed by atoms with E-state index in [1.54, 1.807) is 12.1 Å². The number of benzene rings is 2. The van der Waals surface area contributed by atoms with Crippen LogP contribution in [0.15, 0.2) is 66.9 Å². The van der Waals surface area contributed by atoms with E-state index in [-0.39, 0.29) is 0 Å². The number of rotatable bonds is 2. The van der Waals surface area contributed by atoms with E-state index in [1.165, 1.54) is 0 Å². The van der Waals surface area contributed by atoms with E-state index in [4.69, 9.17) is 4.11 Å². The van der Waals surface area contributed by atoms with Gasteiger partial charge < -0.3 is 0 Å². The Hall–Kier alpha value is -2.41. The molecule has 0 fully saturated rings. The molecular formula is C20H20N+. The smallest absolute Gasteiger partial charge is 0.201 e. The highest BCUT2D eigenvalue weighted by atomic mass is 14.9. The zero-order valence-corrected chi connectivity index (χ0v) is 12.3. The van der Waals surface area contributed by atoms with E-state index < -0.39 is 6.85 Å². The molecule has 0 amide bonds. The fourth-order valence-corrected chi connectivity index (χ4v) is 2.73. The van der Waals surface area contributed by atoms with Gasteiger partial charge in [0, 0.05) is 21.8 Å². The zero-order valence-electron chi connectivity index (χ0n) is 15.3. The molecule has 104 valence electrons. The molecule has 0 aliphatic rings. The summed E-state index contributed by atoms with van der Waals surface area (Å²) in [6, 6.07) is 19.4. The van der Waals surface area contributed by atoms with Crippen molar-refractivity contribution in [3.05, 3.63) is 78.0 Å². The second-order valence-electron chi connectivity index (χ2n) is 5.22. The van der Waals surface area contributed by atoms with Crippen molar-refractivity contribution in [3.8, 4) is 22.4 Å². The fraction of sp³-hybridized carbons (Fsp3) is 0.150. The first-order valence-corrected chi connectivity index (χ1v) is 7.04. The first kappa shape index (κ1) is 10.3. The van der Waals surface area contributed by atoms with Gasteiger partial charge in [0.2, 0.25) is 5.69 Å². The van der Waals surface area contributed by atoms with Crippen LogP contribution < -0.4 is 4.57 Å². The molecule has 0 spiro atoms. The number of hydrogen-bond donors (Lipinski definition) is 0. The Balaban J connectivity index is 2.23. The minimum Gasteiger partial charge on any atom is -0.201 e. The molecule has 0 radical (unpaired) electrons. The summed E-state index contributed by atoms with van der Waals surface area (Å²) >= 11 is 0. The average Bonchev–Trinajstić information content (AvgIpc) is 2.55. The minimum atomic E-state index is -2.13. The molecule has 1 heterocycles. The third kappa shape index (κ3) is 2.47. The Labute approximate surface area is 130 Å². The predicted octanol–water partition coefficient (Wildman–Crippen LogP) is 4.46. The molecule has 3 rings (SSSR count). The van der Waals surface area contributed by atoms with Gasteiger partial charge in [-0.3, -0.25) is 0 Å². The Morgan fingerprint density at radius 2 is 1.52 bits per heavy atom. The van der Waals surface area contributed by atoms with Crippen LogP contribution in [-0.2, 0) is 7.05 Å². The molecule has 1 heteroatoms. The first-order chi connectivity index (χ1) is 11.4. The van der Waals surface area contributed by atoms with Crippen molar-refractivity contribution in [1.29, 1.82) is 0 Å². The summed E-state index contributed by atoms with van der Waals surface area (Å²) in [6.07, 6.45) is 2.01. The van der Waals surface area contributed by atoms with Gasteiger partial charge in [0.05, 0.1) is 0 Å². The molecule has 1 nitrogen and oxygen atoms in total. The number of nitrogens with zero attached hydrogens (tertiary/aromatic N) is 1. The van der Waals surface area contributed by atoms with E-state index in [0.29, 0.717) is 5.56 Å². The van der Waals surface area contributed by atoms with Crippen LogP contribution in [0, 0.1) is 13.8 Å². The maximum Gasteiger partial charge on any atom is 0.212 e. The quantitative estimate of drug-likeness (QED) is 0.609. The van der Waals surface area contributed by atoms with Crippen molar-refractivity contribution in [2.45, 2.75) is 13.8 Å². The highest BCUT2D eigenvalue weighted by molar-refractivity contribution is 5.77. The molecule has 0 aliphatic carbocycles. The van der Waals surface area contributed by atoms with Crippen LogP contribution >= 0.6 is 0 Å². The van der Waals surface area contributed by atoms with Crippen LogP contribution in [0.2, 0.25) is 0 Å². The van der Waals surface area contributed by atoms with Crippen molar-refractivity contribution in [3.63, 3.8) is 0 Å². The molecule has 0 N–H and O–H groups in total. The van der Waals surface area contributed by atoms with E-state index in [9.17, 15) is 0 Å². The predicted molar refractivity (Wildman–Crippen MR) is 88.0 cm³/mol. The van der Waals surface area contributed by atoms with Crippen molar-refractivity contribution >= 4 is 0 Å². The summed E-state index contributed by atoms with van der Waals surface area (Å²) in [6.45, 7) is -0.0790. The summed E-state index contributed by atoms with van der Waals surface area (Å²) in [5.74, 6) is 0. The van der Waals surface area contributed by atoms with Gasteiger partial charge in [-0.25, -0.2) is 4.57 Å². The van der Waals surface area contributed by atoms with Crippen molar-refractivity contribution in [2.24, 2.45) is 7.05 Å². The second-order valence-corrected chi connectivity index (χ2v) is 5.22. The molecule has 0 atom stereocenters. The lowest BCUT2D eigenvalue weighted by Gasteiger charge is -2.12. The third-order valence-corrected chi connectivity index (χ3v) is 3.88. The summed E-state index contributed by atoms with van der Waals surface area (Å²) in [5.41, 5.74) is 5.41. The molecule has 1 aromatic heterocycles. The van der Waals surface area contributed by atoms with Gasteiger partial charge in [-0.1, -0.05) is 36.4 Å². The van der Waals surface area contributed by atoms with Crippen molar-refractivity contribution < 1.29 is 8.68 Å². The zero-order chi connectivity index (χ0) is 17.3. The number of aromatic nitrogens is 1. The topological polar surface area (TPSA) is 3.88 Å². The Kier molecular flexibility index (Phi) is 2.72. The number of pyridine rings is 1. The van der Waals surface area contributed by atoms with Gasteiger partial charge in [-0.2, -0.15) is 0 Å². The molecule has 0 aliphatic heterocycles. The van der Waals surface area contributed by atoms with E-state index >= 15 is 0 Å². The normalized spacial score (nSPS) is 13.3. The third-order valence-electron chi connectivity index (χ3n) is 3.88. The molecule has 0 saturated carbocycles. The lowest BCUT2D eigenvalue weighted by atomic mass is 9.92. The summed E-state index contributed by atoms with van der Waals surface area (Å²) in [7, 11) is 2.01. The Bertz CT molecular complexity index is 882. The lowest BCUT2D eigenvalue weighted by Crippen LogP contribution is -2.30. The Morgan fingerprint density at radius 1 is 0.810 bits per heavy atom. The Morgan fingerprint density at radius 3 is 2.33 bits per heavy atom. The SMILES string of the molecule is [2H]C([2H])([2H])c1ccccc1-c1cccc(-c2cccc[n+]2C)c1C. The molecular weight excluding hydrogens is 254 g/mol. The first-order valence-electron chi connectivity index (χ1n) is 8.54. The maximum atomic E-state index is 7.81. The number of aryl methyl sites for hydroxylation is 2. The summed E-state index contributed by atoms with van der Waals surface area (Å²) in [5, 5.41) is 0. The second kappa shape index (κ2) is 5.53. The lowest BCUT2D eigenvalue weighted by molar-refractivity contribution is -0.660. The average molecular weight is 277 g/mol. The minimum absolute atomic E-state index is 0.391. The monoisotopic (exact) mass is 277 g/mol. The maximum absolute atomic E-state index is 7.81. The van der Waals surface area contributed by atoms with Gasteiger partial charge >= 0.3 is 0 Å². The van der Waals surface area contributed by atoms with E-state index in [1.807, 2.05) is 56.6 Å². The highest BCUT2D eigenvalue weighted by Crippen LogP contribution is 2.31. The van der Waals surface area contributed by atoms with Gasteiger partial charge in [0.15, 0.2) is 6.20 Å². The molecule has 21 heavy (non-hydrogen) atoms. The van der Waals surface area contributed by atoms with Crippen LogP contribution in [0.3, 0.4) is 0 Å². The van der Waals surface area contributed by atoms with E-state index in [0.717, 1.165) is 27.9 Å². The molecule has 2 aromatic carbocycles. The largest absolute Gasteiger partial charge is 0.212 e. The van der Waals surface area contributed by atoms with Gasteiger partial charge in [0.25, 0.3) is 0 Å². The summed E-state index contributed by atoms with van der Waals surface area (Å²) < 4.78 is 25.5. The molecule has 0 unspecified atom stereocenters. The van der Waals surface area contributed by atoms with Crippen LogP contribution in [0.4, 0.5) is 0 Å². The van der Waals surface area contributed by atoms with Gasteiger partial charge in [-0.15, -0.1) is 0 Å². The number of hydrogen-bond acceptors (Lipinski definition) is 0. The van der Waals surface area contributed by atoms with Gasteiger partial charge in [-0.05, 0) is 48.2 Å². The van der Waals surface area contributed by atoms with Crippen molar-refractivity contribution in [2.75, 3.05) is 0 Å². The molecule has 0 bridgehead atoms.